The molecular formula is C25H30CaN2O5. The molecule has 1 N–H and O–H groups in total. The second-order valence-corrected chi connectivity index (χ2v) is 7.23. The summed E-state index contributed by atoms with van der Waals surface area (Å²) in [6.45, 7) is 4.93. The molecule has 0 bridgehead atoms. The number of aryl methyl sites for hydroxylation is 1. The SMILES string of the molecule is CCOC(CC(=O)O)c1ccc(OCCn2c(CC)nc(-c3ccccc3)cc2=O)cc1.[CaH2]. The van der Waals surface area contributed by atoms with Crippen molar-refractivity contribution in [3.63, 3.8) is 0 Å². The number of rotatable bonds is 11. The minimum atomic E-state index is -0.909. The zero-order chi connectivity index (χ0) is 22.9. The Hall–Kier alpha value is -2.19. The Labute approximate surface area is 223 Å². The van der Waals surface area contributed by atoms with E-state index in [1.165, 1.54) is 0 Å². The van der Waals surface area contributed by atoms with Crippen molar-refractivity contribution in [3.05, 3.63) is 82.4 Å². The monoisotopic (exact) mass is 478 g/mol. The first kappa shape index (κ1) is 27.1. The zero-order valence-electron chi connectivity index (χ0n) is 18.4. The van der Waals surface area contributed by atoms with Gasteiger partial charge in [-0.3, -0.25) is 14.2 Å². The Balaban J connectivity index is 0.00000385. The Kier molecular flexibility index (Phi) is 11.1. The van der Waals surface area contributed by atoms with Gasteiger partial charge in [0.1, 0.15) is 18.2 Å². The van der Waals surface area contributed by atoms with Crippen LogP contribution in [-0.4, -0.2) is 71.6 Å². The molecule has 0 amide bonds. The average molecular weight is 479 g/mol. The molecule has 3 aromatic rings. The second kappa shape index (κ2) is 13.5. The number of carboxylic acids is 1. The Morgan fingerprint density at radius 2 is 1.79 bits per heavy atom. The van der Waals surface area contributed by atoms with Crippen LogP contribution in [0.4, 0.5) is 0 Å². The van der Waals surface area contributed by atoms with E-state index in [4.69, 9.17) is 14.6 Å². The first-order valence-corrected chi connectivity index (χ1v) is 10.7. The second-order valence-electron chi connectivity index (χ2n) is 7.23. The average Bonchev–Trinajstić information content (AvgIpc) is 2.80. The summed E-state index contributed by atoms with van der Waals surface area (Å²) >= 11 is 0. The van der Waals surface area contributed by atoms with Crippen LogP contribution in [0.15, 0.2) is 65.5 Å². The number of benzene rings is 2. The van der Waals surface area contributed by atoms with E-state index in [9.17, 15) is 9.59 Å². The van der Waals surface area contributed by atoms with Gasteiger partial charge < -0.3 is 14.6 Å². The van der Waals surface area contributed by atoms with E-state index >= 15 is 0 Å². The van der Waals surface area contributed by atoms with Gasteiger partial charge in [-0.15, -0.1) is 0 Å². The van der Waals surface area contributed by atoms with Crippen molar-refractivity contribution in [2.75, 3.05) is 13.2 Å². The van der Waals surface area contributed by atoms with Crippen LogP contribution in [0.2, 0.25) is 0 Å². The molecule has 33 heavy (non-hydrogen) atoms. The summed E-state index contributed by atoms with van der Waals surface area (Å²) < 4.78 is 13.0. The number of aliphatic carboxylic acids is 1. The van der Waals surface area contributed by atoms with E-state index in [1.807, 2.05) is 44.2 Å². The Morgan fingerprint density at radius 1 is 1.09 bits per heavy atom. The number of carboxylic acid groups (broad SMARTS) is 1. The van der Waals surface area contributed by atoms with E-state index in [1.54, 1.807) is 34.9 Å². The summed E-state index contributed by atoms with van der Waals surface area (Å²) in [5.74, 6) is 0.440. The quantitative estimate of drug-likeness (QED) is 0.426. The Bertz CT molecular complexity index is 1080. The van der Waals surface area contributed by atoms with Crippen LogP contribution in [0.5, 0.6) is 5.75 Å². The molecule has 0 aliphatic carbocycles. The molecule has 1 atom stereocenters. The van der Waals surface area contributed by atoms with E-state index in [0.29, 0.717) is 43.4 Å². The van der Waals surface area contributed by atoms with Crippen LogP contribution in [0.3, 0.4) is 0 Å². The molecule has 1 aromatic heterocycles. The first-order chi connectivity index (χ1) is 15.5. The molecule has 172 valence electrons. The van der Waals surface area contributed by atoms with Crippen LogP contribution in [0.25, 0.3) is 11.3 Å². The molecule has 8 heteroatoms. The maximum absolute atomic E-state index is 12.7. The number of carbonyl (C=O) groups is 1. The molecule has 0 saturated carbocycles. The fourth-order valence-electron chi connectivity index (χ4n) is 3.49. The number of hydrogen-bond donors (Lipinski definition) is 1. The third kappa shape index (κ3) is 7.67. The normalized spacial score (nSPS) is 11.5. The standard InChI is InChI=1S/C25H28N2O5.Ca.2H/c1-3-23-26-21(18-8-6-5-7-9-18)16-24(28)27(23)14-15-32-20-12-10-19(11-13-20)22(31-4-2)17-25(29)30;;;/h5-13,16,22H,3-4,14-15,17H2,1-2H3,(H,29,30);;;. The predicted molar refractivity (Wildman–Crippen MR) is 130 cm³/mol. The van der Waals surface area contributed by atoms with Crippen LogP contribution in [-0.2, 0) is 22.5 Å². The van der Waals surface area contributed by atoms with E-state index in [-0.39, 0.29) is 49.7 Å². The van der Waals surface area contributed by atoms with Crippen LogP contribution in [0, 0.1) is 0 Å². The van der Waals surface area contributed by atoms with Crippen molar-refractivity contribution in [2.24, 2.45) is 0 Å². The van der Waals surface area contributed by atoms with E-state index < -0.39 is 12.1 Å². The van der Waals surface area contributed by atoms with Crippen molar-refractivity contribution >= 4 is 43.7 Å². The summed E-state index contributed by atoms with van der Waals surface area (Å²) in [6, 6.07) is 18.4. The summed E-state index contributed by atoms with van der Waals surface area (Å²) in [7, 11) is 0. The van der Waals surface area contributed by atoms with Gasteiger partial charge in [-0.2, -0.15) is 0 Å². The summed E-state index contributed by atoms with van der Waals surface area (Å²) in [5.41, 5.74) is 2.26. The zero-order valence-corrected chi connectivity index (χ0v) is 18.4. The minimum absolute atomic E-state index is 0. The third-order valence-corrected chi connectivity index (χ3v) is 5.04. The van der Waals surface area contributed by atoms with Crippen molar-refractivity contribution in [3.8, 4) is 17.0 Å². The summed E-state index contributed by atoms with van der Waals surface area (Å²) in [4.78, 5) is 28.4. The molecule has 2 aromatic carbocycles. The molecule has 0 saturated heterocycles. The van der Waals surface area contributed by atoms with Crippen molar-refractivity contribution < 1.29 is 19.4 Å². The van der Waals surface area contributed by atoms with Gasteiger partial charge in [0.05, 0.1) is 24.8 Å². The number of hydrogen-bond acceptors (Lipinski definition) is 5. The molecule has 0 spiro atoms. The molecule has 0 aliphatic heterocycles. The van der Waals surface area contributed by atoms with Crippen LogP contribution >= 0.6 is 0 Å². The third-order valence-electron chi connectivity index (χ3n) is 5.04. The predicted octanol–water partition coefficient (Wildman–Crippen LogP) is 3.19. The van der Waals surface area contributed by atoms with Crippen LogP contribution < -0.4 is 10.3 Å². The van der Waals surface area contributed by atoms with Gasteiger partial charge in [0.15, 0.2) is 0 Å². The topological polar surface area (TPSA) is 90.7 Å². The first-order valence-electron chi connectivity index (χ1n) is 10.7. The van der Waals surface area contributed by atoms with E-state index in [2.05, 4.69) is 4.98 Å². The van der Waals surface area contributed by atoms with Gasteiger partial charge in [0.2, 0.25) is 0 Å². The molecule has 3 rings (SSSR count). The van der Waals surface area contributed by atoms with Gasteiger partial charge in [-0.05, 0) is 24.6 Å². The van der Waals surface area contributed by atoms with Crippen LogP contribution in [0.1, 0.15) is 37.8 Å². The maximum atomic E-state index is 12.7. The molecule has 7 nitrogen and oxygen atoms in total. The van der Waals surface area contributed by atoms with Gasteiger partial charge in [-0.1, -0.05) is 49.4 Å². The number of ether oxygens (including phenoxy) is 2. The van der Waals surface area contributed by atoms with Crippen molar-refractivity contribution in [1.29, 1.82) is 0 Å². The number of aromatic nitrogens is 2. The van der Waals surface area contributed by atoms with Gasteiger partial charge >= 0.3 is 43.7 Å². The molecule has 0 radical (unpaired) electrons. The summed E-state index contributed by atoms with van der Waals surface area (Å²) in [6.07, 6.45) is 0.0434. The van der Waals surface area contributed by atoms with Gasteiger partial charge in [0.25, 0.3) is 5.56 Å². The van der Waals surface area contributed by atoms with Crippen molar-refractivity contribution in [1.82, 2.24) is 9.55 Å². The molecule has 0 aliphatic rings. The molecule has 1 heterocycles. The fourth-order valence-corrected chi connectivity index (χ4v) is 3.49. The molecular weight excluding hydrogens is 448 g/mol. The van der Waals surface area contributed by atoms with E-state index in [0.717, 1.165) is 11.1 Å². The summed E-state index contributed by atoms with van der Waals surface area (Å²) in [5, 5.41) is 9.06. The Morgan fingerprint density at radius 3 is 2.39 bits per heavy atom. The molecule has 0 fully saturated rings. The number of nitrogens with zero attached hydrogens (tertiary/aromatic N) is 2. The van der Waals surface area contributed by atoms with Gasteiger partial charge in [0, 0.05) is 24.7 Å². The van der Waals surface area contributed by atoms with Gasteiger partial charge in [-0.25, -0.2) is 4.98 Å². The fraction of sp³-hybridized carbons (Fsp3) is 0.320. The van der Waals surface area contributed by atoms with Crippen molar-refractivity contribution in [2.45, 2.75) is 39.3 Å². The molecule has 1 unspecified atom stereocenters.